The highest BCUT2D eigenvalue weighted by atomic mass is 14.5. The molecule has 0 radical (unpaired) electrons. The van der Waals surface area contributed by atoms with Crippen molar-refractivity contribution in [1.82, 2.24) is 0 Å². The maximum Gasteiger partial charge on any atom is 0.0655 e. The van der Waals surface area contributed by atoms with Gasteiger partial charge in [-0.05, 0) is 74.5 Å². The number of fused-ring (bicyclic) bond motifs is 1. The monoisotopic (exact) mass is 245 g/mol. The zero-order valence-corrected chi connectivity index (χ0v) is 11.8. The summed E-state index contributed by atoms with van der Waals surface area (Å²) in [5, 5.41) is 9.10. The summed E-state index contributed by atoms with van der Waals surface area (Å²) in [6.45, 7) is 2.42. The highest BCUT2D eigenvalue weighted by Crippen LogP contribution is 2.51. The fraction of sp³-hybridized carbons (Fsp3) is 0.941. The van der Waals surface area contributed by atoms with E-state index in [2.05, 4.69) is 13.0 Å². The van der Waals surface area contributed by atoms with Gasteiger partial charge in [0.2, 0.25) is 0 Å². The summed E-state index contributed by atoms with van der Waals surface area (Å²) in [4.78, 5) is 0. The standard InChI is InChI=1S/C17H27N/c1-12-2-5-14(6-3-12)17-9-15-7-4-13(11-18)8-16(15)10-17/h12-17H,2-10H2,1H3. The Hall–Kier alpha value is -0.510. The highest BCUT2D eigenvalue weighted by molar-refractivity contribution is 4.96. The first kappa shape index (κ1) is 12.5. The van der Waals surface area contributed by atoms with Crippen molar-refractivity contribution in [2.75, 3.05) is 0 Å². The number of rotatable bonds is 1. The summed E-state index contributed by atoms with van der Waals surface area (Å²) in [7, 11) is 0. The first-order valence-corrected chi connectivity index (χ1v) is 8.16. The minimum Gasteiger partial charge on any atom is -0.198 e. The summed E-state index contributed by atoms with van der Waals surface area (Å²) in [6.07, 6.45) is 12.6. The molecular weight excluding hydrogens is 218 g/mol. The van der Waals surface area contributed by atoms with Crippen molar-refractivity contribution < 1.29 is 0 Å². The minimum atomic E-state index is 0.386. The van der Waals surface area contributed by atoms with Crippen molar-refractivity contribution >= 4 is 0 Å². The van der Waals surface area contributed by atoms with Gasteiger partial charge in [-0.3, -0.25) is 0 Å². The molecule has 0 aliphatic heterocycles. The van der Waals surface area contributed by atoms with E-state index >= 15 is 0 Å². The molecule has 3 aliphatic carbocycles. The maximum absolute atomic E-state index is 9.10. The van der Waals surface area contributed by atoms with Crippen molar-refractivity contribution in [3.05, 3.63) is 0 Å². The van der Waals surface area contributed by atoms with Crippen molar-refractivity contribution in [2.45, 2.75) is 64.7 Å². The summed E-state index contributed by atoms with van der Waals surface area (Å²) < 4.78 is 0. The van der Waals surface area contributed by atoms with E-state index in [0.717, 1.165) is 29.6 Å². The highest BCUT2D eigenvalue weighted by Gasteiger charge is 2.41. The van der Waals surface area contributed by atoms with Crippen LogP contribution in [0.4, 0.5) is 0 Å². The van der Waals surface area contributed by atoms with Crippen molar-refractivity contribution in [3.8, 4) is 6.07 Å². The molecule has 1 heteroatoms. The fourth-order valence-corrected chi connectivity index (χ4v) is 5.06. The predicted molar refractivity (Wildman–Crippen MR) is 73.8 cm³/mol. The van der Waals surface area contributed by atoms with Crippen molar-refractivity contribution in [2.24, 2.45) is 35.5 Å². The molecule has 3 rings (SSSR count). The van der Waals surface area contributed by atoms with Gasteiger partial charge in [0.15, 0.2) is 0 Å². The molecule has 18 heavy (non-hydrogen) atoms. The molecule has 0 aromatic rings. The Bertz CT molecular complexity index is 321. The van der Waals surface area contributed by atoms with Gasteiger partial charge in [-0.25, -0.2) is 0 Å². The largest absolute Gasteiger partial charge is 0.198 e. The van der Waals surface area contributed by atoms with E-state index in [1.807, 2.05) is 0 Å². The Labute approximate surface area is 112 Å². The topological polar surface area (TPSA) is 23.8 Å². The summed E-state index contributed by atoms with van der Waals surface area (Å²) in [5.41, 5.74) is 0. The van der Waals surface area contributed by atoms with E-state index in [-0.39, 0.29) is 0 Å². The minimum absolute atomic E-state index is 0.386. The molecule has 0 aromatic heterocycles. The molecule has 0 bridgehead atoms. The van der Waals surface area contributed by atoms with Gasteiger partial charge in [0.05, 0.1) is 6.07 Å². The van der Waals surface area contributed by atoms with Crippen molar-refractivity contribution in [3.63, 3.8) is 0 Å². The van der Waals surface area contributed by atoms with E-state index in [1.165, 1.54) is 57.8 Å². The van der Waals surface area contributed by atoms with Gasteiger partial charge in [-0.2, -0.15) is 5.26 Å². The molecule has 0 saturated heterocycles. The van der Waals surface area contributed by atoms with Gasteiger partial charge in [-0.15, -0.1) is 0 Å². The average molecular weight is 245 g/mol. The Balaban J connectivity index is 1.56. The van der Waals surface area contributed by atoms with Crippen LogP contribution in [0, 0.1) is 46.8 Å². The van der Waals surface area contributed by atoms with Gasteiger partial charge >= 0.3 is 0 Å². The van der Waals surface area contributed by atoms with Crippen LogP contribution in [-0.2, 0) is 0 Å². The Morgan fingerprint density at radius 1 is 0.722 bits per heavy atom. The van der Waals surface area contributed by atoms with E-state index in [9.17, 15) is 0 Å². The number of nitriles is 1. The maximum atomic E-state index is 9.10. The normalized spacial score (nSPS) is 48.4. The van der Waals surface area contributed by atoms with Crippen LogP contribution in [0.2, 0.25) is 0 Å². The quantitative estimate of drug-likeness (QED) is 0.652. The number of hydrogen-bond acceptors (Lipinski definition) is 1. The molecule has 0 amide bonds. The lowest BCUT2D eigenvalue weighted by molar-refractivity contribution is 0.209. The second kappa shape index (κ2) is 5.24. The van der Waals surface area contributed by atoms with E-state index in [1.54, 1.807) is 0 Å². The van der Waals surface area contributed by atoms with E-state index in [0.29, 0.717) is 5.92 Å². The van der Waals surface area contributed by atoms with Gasteiger partial charge < -0.3 is 0 Å². The van der Waals surface area contributed by atoms with Crippen LogP contribution >= 0.6 is 0 Å². The third kappa shape index (κ3) is 2.44. The number of nitrogens with zero attached hydrogens (tertiary/aromatic N) is 1. The third-order valence-corrected chi connectivity index (χ3v) is 6.26. The fourth-order valence-electron chi connectivity index (χ4n) is 5.06. The molecule has 0 heterocycles. The third-order valence-electron chi connectivity index (χ3n) is 6.26. The van der Waals surface area contributed by atoms with Gasteiger partial charge in [0.1, 0.15) is 0 Å². The molecule has 0 aromatic carbocycles. The summed E-state index contributed by atoms with van der Waals surface area (Å²) in [6, 6.07) is 2.52. The summed E-state index contributed by atoms with van der Waals surface area (Å²) in [5.74, 6) is 5.31. The van der Waals surface area contributed by atoms with Crippen molar-refractivity contribution in [1.29, 1.82) is 5.26 Å². The Morgan fingerprint density at radius 2 is 1.33 bits per heavy atom. The molecule has 4 unspecified atom stereocenters. The van der Waals surface area contributed by atoms with Crippen LogP contribution in [0.5, 0.6) is 0 Å². The second-order valence-electron chi connectivity index (χ2n) is 7.41. The van der Waals surface area contributed by atoms with Crippen LogP contribution in [0.15, 0.2) is 0 Å². The van der Waals surface area contributed by atoms with Crippen LogP contribution in [-0.4, -0.2) is 0 Å². The lowest BCUT2D eigenvalue weighted by Gasteiger charge is -2.30. The Morgan fingerprint density at radius 3 is 2.06 bits per heavy atom. The smallest absolute Gasteiger partial charge is 0.0655 e. The first-order valence-electron chi connectivity index (χ1n) is 8.16. The second-order valence-corrected chi connectivity index (χ2v) is 7.41. The lowest BCUT2D eigenvalue weighted by Crippen LogP contribution is -2.19. The number of hydrogen-bond donors (Lipinski definition) is 0. The zero-order valence-electron chi connectivity index (χ0n) is 11.8. The lowest BCUT2D eigenvalue weighted by atomic mass is 9.75. The molecule has 100 valence electrons. The van der Waals surface area contributed by atoms with Gasteiger partial charge in [0, 0.05) is 5.92 Å². The average Bonchev–Trinajstić information content (AvgIpc) is 2.82. The molecular formula is C17H27N. The zero-order chi connectivity index (χ0) is 12.5. The summed E-state index contributed by atoms with van der Waals surface area (Å²) >= 11 is 0. The molecule has 3 saturated carbocycles. The molecule has 3 fully saturated rings. The first-order chi connectivity index (χ1) is 8.76. The van der Waals surface area contributed by atoms with Crippen LogP contribution in [0.3, 0.4) is 0 Å². The molecule has 1 nitrogen and oxygen atoms in total. The van der Waals surface area contributed by atoms with E-state index in [4.69, 9.17) is 5.26 Å². The van der Waals surface area contributed by atoms with Gasteiger partial charge in [0.25, 0.3) is 0 Å². The predicted octanol–water partition coefficient (Wildman–Crippen LogP) is 4.78. The molecule has 0 N–H and O–H groups in total. The van der Waals surface area contributed by atoms with Crippen LogP contribution in [0.25, 0.3) is 0 Å². The van der Waals surface area contributed by atoms with Crippen LogP contribution in [0.1, 0.15) is 64.7 Å². The van der Waals surface area contributed by atoms with Gasteiger partial charge in [-0.1, -0.05) is 19.8 Å². The van der Waals surface area contributed by atoms with E-state index < -0.39 is 0 Å². The SMILES string of the molecule is CC1CCC(C2CC3CCC(C#N)CC3C2)CC1. The van der Waals surface area contributed by atoms with Crippen LogP contribution < -0.4 is 0 Å². The molecule has 4 atom stereocenters. The Kier molecular flexibility index (Phi) is 3.64. The molecule has 3 aliphatic rings. The molecule has 0 spiro atoms.